The molecule has 0 unspecified atom stereocenters. The molecule has 3 nitrogen and oxygen atoms in total. The number of hydrogen-bond acceptors (Lipinski definition) is 2. The largest absolute Gasteiger partial charge is 0.311 e. The second-order valence-electron chi connectivity index (χ2n) is 6.58. The molecule has 3 heteroatoms. The summed E-state index contributed by atoms with van der Waals surface area (Å²) in [5, 5.41) is 0. The number of nitrogens with zero attached hydrogens (tertiary/aromatic N) is 1. The van der Waals surface area contributed by atoms with Crippen LogP contribution in [0.25, 0.3) is 0 Å². The van der Waals surface area contributed by atoms with Crippen LogP contribution in [0.15, 0.2) is 16.9 Å². The van der Waals surface area contributed by atoms with Crippen molar-refractivity contribution in [1.29, 1.82) is 0 Å². The second-order valence-corrected chi connectivity index (χ2v) is 6.58. The van der Waals surface area contributed by atoms with Crippen LogP contribution in [0, 0.1) is 5.92 Å². The third-order valence-electron chi connectivity index (χ3n) is 3.25. The highest BCUT2D eigenvalue weighted by molar-refractivity contribution is 5.93. The van der Waals surface area contributed by atoms with Gasteiger partial charge in [-0.2, -0.15) is 0 Å². The van der Waals surface area contributed by atoms with Crippen molar-refractivity contribution in [2.45, 2.75) is 59.9 Å². The molecule has 1 aromatic heterocycles. The van der Waals surface area contributed by atoms with Gasteiger partial charge in [0.15, 0.2) is 5.78 Å². The minimum Gasteiger partial charge on any atom is -0.311 e. The van der Waals surface area contributed by atoms with E-state index in [-0.39, 0.29) is 22.3 Å². The minimum atomic E-state index is -0.163. The van der Waals surface area contributed by atoms with E-state index in [9.17, 15) is 9.59 Å². The van der Waals surface area contributed by atoms with Crippen LogP contribution in [0.2, 0.25) is 0 Å². The molecule has 0 spiro atoms. The third kappa shape index (κ3) is 3.79. The average molecular weight is 263 g/mol. The molecule has 0 fully saturated rings. The Morgan fingerprint density at radius 3 is 2.26 bits per heavy atom. The number of Topliss-reactive ketones (excluding diaryl/α,β-unsaturated/α-hetero) is 1. The Morgan fingerprint density at radius 2 is 1.84 bits per heavy atom. The van der Waals surface area contributed by atoms with Gasteiger partial charge in [0.2, 0.25) is 0 Å². The van der Waals surface area contributed by atoms with E-state index in [1.807, 2.05) is 6.07 Å². The first-order valence-electron chi connectivity index (χ1n) is 6.90. The summed E-state index contributed by atoms with van der Waals surface area (Å²) in [5.41, 5.74) is 1.02. The molecule has 0 aromatic carbocycles. The molecule has 0 atom stereocenters. The molecule has 0 bridgehead atoms. The Balaban J connectivity index is 3.38. The highest BCUT2D eigenvalue weighted by atomic mass is 16.1. The van der Waals surface area contributed by atoms with E-state index in [4.69, 9.17) is 0 Å². The lowest BCUT2D eigenvalue weighted by Crippen LogP contribution is -2.33. The maximum atomic E-state index is 12.4. The number of carbonyl (C=O) groups excluding carboxylic acids is 1. The van der Waals surface area contributed by atoms with Gasteiger partial charge < -0.3 is 4.57 Å². The van der Waals surface area contributed by atoms with Crippen molar-refractivity contribution in [1.82, 2.24) is 4.57 Å². The molecular formula is C16H25NO2. The molecule has 1 aromatic rings. The van der Waals surface area contributed by atoms with Gasteiger partial charge in [0, 0.05) is 17.7 Å². The number of carbonyl (C=O) groups is 1. The Morgan fingerprint density at radius 1 is 1.26 bits per heavy atom. The highest BCUT2D eigenvalue weighted by Gasteiger charge is 2.21. The van der Waals surface area contributed by atoms with E-state index in [0.717, 1.165) is 12.1 Å². The first-order chi connectivity index (χ1) is 8.64. The zero-order chi connectivity index (χ0) is 14.8. The average Bonchev–Trinajstić information content (AvgIpc) is 2.24. The number of ketones is 1. The smallest absolute Gasteiger partial charge is 0.261 e. The number of aromatic nitrogens is 1. The predicted molar refractivity (Wildman–Crippen MR) is 78.9 cm³/mol. The Labute approximate surface area is 115 Å². The van der Waals surface area contributed by atoms with Gasteiger partial charge in [-0.1, -0.05) is 34.6 Å². The molecule has 0 saturated heterocycles. The van der Waals surface area contributed by atoms with Gasteiger partial charge >= 0.3 is 0 Å². The zero-order valence-corrected chi connectivity index (χ0v) is 12.9. The van der Waals surface area contributed by atoms with Crippen molar-refractivity contribution in [2.75, 3.05) is 0 Å². The van der Waals surface area contributed by atoms with Crippen molar-refractivity contribution >= 4 is 5.78 Å². The molecule has 0 radical (unpaired) electrons. The van der Waals surface area contributed by atoms with Crippen molar-refractivity contribution < 1.29 is 4.79 Å². The van der Waals surface area contributed by atoms with E-state index in [2.05, 4.69) is 34.6 Å². The molecule has 106 valence electrons. The lowest BCUT2D eigenvalue weighted by molar-refractivity contribution is 0.101. The first kappa shape index (κ1) is 15.7. The molecular weight excluding hydrogens is 238 g/mol. The predicted octanol–water partition coefficient (Wildman–Crippen LogP) is 3.39. The van der Waals surface area contributed by atoms with E-state index >= 15 is 0 Å². The molecule has 0 amide bonds. The van der Waals surface area contributed by atoms with Gasteiger partial charge in [0.05, 0.1) is 5.56 Å². The van der Waals surface area contributed by atoms with Crippen molar-refractivity contribution in [3.63, 3.8) is 0 Å². The van der Waals surface area contributed by atoms with Crippen LogP contribution in [0.5, 0.6) is 0 Å². The van der Waals surface area contributed by atoms with Crippen molar-refractivity contribution in [2.24, 2.45) is 5.92 Å². The molecule has 0 aliphatic heterocycles. The summed E-state index contributed by atoms with van der Waals surface area (Å²) in [6.07, 6.45) is 0.935. The summed E-state index contributed by atoms with van der Waals surface area (Å²) in [4.78, 5) is 23.9. The van der Waals surface area contributed by atoms with E-state index < -0.39 is 0 Å². The highest BCUT2D eigenvalue weighted by Crippen LogP contribution is 2.22. The molecule has 1 rings (SSSR count). The quantitative estimate of drug-likeness (QED) is 0.781. The second kappa shape index (κ2) is 5.72. The van der Waals surface area contributed by atoms with Gasteiger partial charge in [0.25, 0.3) is 5.56 Å². The van der Waals surface area contributed by atoms with Crippen LogP contribution in [0.3, 0.4) is 0 Å². The summed E-state index contributed by atoms with van der Waals surface area (Å²) in [6, 6.07) is 3.58. The van der Waals surface area contributed by atoms with Gasteiger partial charge in [0.1, 0.15) is 0 Å². The SMILES string of the molecule is CC(=O)c1ccc(C(C)(C)C)n(CCC(C)C)c1=O. The number of pyridine rings is 1. The Kier molecular flexibility index (Phi) is 4.72. The Hall–Kier alpha value is -1.38. The van der Waals surface area contributed by atoms with Gasteiger partial charge in [-0.25, -0.2) is 0 Å². The van der Waals surface area contributed by atoms with Crippen LogP contribution >= 0.6 is 0 Å². The fraction of sp³-hybridized carbons (Fsp3) is 0.625. The molecule has 0 aliphatic rings. The summed E-state index contributed by atoms with van der Waals surface area (Å²) >= 11 is 0. The summed E-state index contributed by atoms with van der Waals surface area (Å²) in [6.45, 7) is 12.6. The summed E-state index contributed by atoms with van der Waals surface area (Å²) in [7, 11) is 0. The van der Waals surface area contributed by atoms with Crippen LogP contribution < -0.4 is 5.56 Å². The van der Waals surface area contributed by atoms with Crippen LogP contribution in [0.4, 0.5) is 0 Å². The fourth-order valence-corrected chi connectivity index (χ4v) is 2.11. The Bertz CT molecular complexity index is 519. The maximum Gasteiger partial charge on any atom is 0.261 e. The van der Waals surface area contributed by atoms with E-state index in [1.54, 1.807) is 10.6 Å². The van der Waals surface area contributed by atoms with Crippen molar-refractivity contribution in [3.05, 3.63) is 33.7 Å². The summed E-state index contributed by atoms with van der Waals surface area (Å²) < 4.78 is 1.77. The molecule has 19 heavy (non-hydrogen) atoms. The minimum absolute atomic E-state index is 0.106. The van der Waals surface area contributed by atoms with E-state index in [0.29, 0.717) is 12.5 Å². The monoisotopic (exact) mass is 263 g/mol. The van der Waals surface area contributed by atoms with Crippen molar-refractivity contribution in [3.8, 4) is 0 Å². The first-order valence-corrected chi connectivity index (χ1v) is 6.90. The van der Waals surface area contributed by atoms with E-state index in [1.165, 1.54) is 6.92 Å². The van der Waals surface area contributed by atoms with Gasteiger partial charge in [-0.3, -0.25) is 9.59 Å². The third-order valence-corrected chi connectivity index (χ3v) is 3.25. The van der Waals surface area contributed by atoms with Gasteiger partial charge in [-0.05, 0) is 31.4 Å². The normalized spacial score (nSPS) is 11.9. The zero-order valence-electron chi connectivity index (χ0n) is 12.9. The number of hydrogen-bond donors (Lipinski definition) is 0. The van der Waals surface area contributed by atoms with Crippen LogP contribution in [0.1, 0.15) is 64.0 Å². The van der Waals surface area contributed by atoms with Crippen LogP contribution in [-0.2, 0) is 12.0 Å². The molecule has 0 aliphatic carbocycles. The standard InChI is InChI=1S/C16H25NO2/c1-11(2)9-10-17-14(16(4,5)6)8-7-13(12(3)18)15(17)19/h7-8,11H,9-10H2,1-6H3. The fourth-order valence-electron chi connectivity index (χ4n) is 2.11. The molecule has 0 N–H and O–H groups in total. The number of rotatable bonds is 4. The lowest BCUT2D eigenvalue weighted by Gasteiger charge is -2.25. The molecule has 1 heterocycles. The molecule has 0 saturated carbocycles. The lowest BCUT2D eigenvalue weighted by atomic mass is 9.90. The van der Waals surface area contributed by atoms with Crippen LogP contribution in [-0.4, -0.2) is 10.4 Å². The summed E-state index contributed by atoms with van der Waals surface area (Å²) in [5.74, 6) is 0.365. The van der Waals surface area contributed by atoms with Gasteiger partial charge in [-0.15, -0.1) is 0 Å². The topological polar surface area (TPSA) is 39.1 Å². The maximum absolute atomic E-state index is 12.4.